The van der Waals surface area contributed by atoms with Crippen LogP contribution in [0.3, 0.4) is 0 Å². The number of carbonyl (C=O) groups excluding carboxylic acids is 1. The third kappa shape index (κ3) is 4.01. The Bertz CT molecular complexity index is 479. The van der Waals surface area contributed by atoms with Gasteiger partial charge in [-0.05, 0) is 18.6 Å². The molecule has 1 aromatic rings. The third-order valence-corrected chi connectivity index (χ3v) is 2.46. The Morgan fingerprint density at radius 3 is 2.79 bits per heavy atom. The van der Waals surface area contributed by atoms with E-state index in [1.807, 2.05) is 0 Å². The molecular weight excluding hydrogens is 255 g/mol. The lowest BCUT2D eigenvalue weighted by Gasteiger charge is -2.13. The van der Waals surface area contributed by atoms with Gasteiger partial charge in [-0.3, -0.25) is 4.79 Å². The monoisotopic (exact) mass is 270 g/mol. The fraction of sp³-hybridized carbons (Fsp3) is 0.333. The van der Waals surface area contributed by atoms with Gasteiger partial charge >= 0.3 is 5.97 Å². The number of carbonyl (C=O) groups is 2. The highest BCUT2D eigenvalue weighted by atomic mass is 19.1. The van der Waals surface area contributed by atoms with E-state index in [0.29, 0.717) is 0 Å². The molecule has 1 amide bonds. The summed E-state index contributed by atoms with van der Waals surface area (Å²) in [5.41, 5.74) is 4.86. The van der Waals surface area contributed by atoms with Gasteiger partial charge in [0.05, 0.1) is 17.3 Å². The molecule has 7 heteroatoms. The van der Waals surface area contributed by atoms with Crippen LogP contribution in [-0.4, -0.2) is 36.7 Å². The number of carboxylic acids is 1. The van der Waals surface area contributed by atoms with Gasteiger partial charge in [-0.1, -0.05) is 6.07 Å². The molecule has 4 N–H and O–H groups in total. The van der Waals surface area contributed by atoms with Crippen molar-refractivity contribution in [1.29, 1.82) is 0 Å². The number of hydrogen-bond donors (Lipinski definition) is 3. The maximum atomic E-state index is 13.5. The maximum absolute atomic E-state index is 13.5. The molecular formula is C12H15FN2O4. The van der Waals surface area contributed by atoms with E-state index in [1.54, 1.807) is 0 Å². The van der Waals surface area contributed by atoms with Crippen molar-refractivity contribution >= 4 is 17.6 Å². The SMILES string of the molecule is COCCC(N)C(=O)Nc1c(F)cccc1C(=O)O. The van der Waals surface area contributed by atoms with Crippen LogP contribution in [0.15, 0.2) is 18.2 Å². The zero-order valence-corrected chi connectivity index (χ0v) is 10.4. The second-order valence-corrected chi connectivity index (χ2v) is 3.84. The summed E-state index contributed by atoms with van der Waals surface area (Å²) in [5, 5.41) is 11.1. The van der Waals surface area contributed by atoms with Crippen molar-refractivity contribution in [2.75, 3.05) is 19.0 Å². The molecule has 0 aromatic heterocycles. The first kappa shape index (κ1) is 15.1. The largest absolute Gasteiger partial charge is 0.478 e. The summed E-state index contributed by atoms with van der Waals surface area (Å²) in [6.07, 6.45) is 0.249. The van der Waals surface area contributed by atoms with E-state index < -0.39 is 23.7 Å². The average molecular weight is 270 g/mol. The summed E-state index contributed by atoms with van der Waals surface area (Å²) in [6, 6.07) is 2.60. The van der Waals surface area contributed by atoms with E-state index in [4.69, 9.17) is 15.6 Å². The predicted molar refractivity (Wildman–Crippen MR) is 66.5 cm³/mol. The molecule has 0 aliphatic heterocycles. The topological polar surface area (TPSA) is 102 Å². The number of carboxylic acid groups (broad SMARTS) is 1. The molecule has 0 heterocycles. The Kier molecular flexibility index (Phi) is 5.40. The summed E-state index contributed by atoms with van der Waals surface area (Å²) in [5.74, 6) is -2.82. The zero-order valence-electron chi connectivity index (χ0n) is 10.4. The van der Waals surface area contributed by atoms with Gasteiger partial charge in [-0.2, -0.15) is 0 Å². The highest BCUT2D eigenvalue weighted by Gasteiger charge is 2.19. The molecule has 0 bridgehead atoms. The lowest BCUT2D eigenvalue weighted by atomic mass is 10.1. The summed E-state index contributed by atoms with van der Waals surface area (Å²) in [7, 11) is 1.46. The number of halogens is 1. The molecule has 0 aliphatic rings. The van der Waals surface area contributed by atoms with Crippen molar-refractivity contribution < 1.29 is 23.8 Å². The Hall–Kier alpha value is -1.99. The van der Waals surface area contributed by atoms with Crippen molar-refractivity contribution in [1.82, 2.24) is 0 Å². The number of aromatic carboxylic acids is 1. The van der Waals surface area contributed by atoms with Crippen LogP contribution >= 0.6 is 0 Å². The molecule has 1 atom stereocenters. The van der Waals surface area contributed by atoms with Crippen LogP contribution in [0.4, 0.5) is 10.1 Å². The molecule has 1 unspecified atom stereocenters. The number of nitrogens with two attached hydrogens (primary N) is 1. The minimum absolute atomic E-state index is 0.249. The minimum atomic E-state index is -1.33. The molecule has 0 aliphatic carbocycles. The summed E-state index contributed by atoms with van der Waals surface area (Å²) in [4.78, 5) is 22.6. The van der Waals surface area contributed by atoms with Gasteiger partial charge in [0.15, 0.2) is 0 Å². The van der Waals surface area contributed by atoms with Crippen LogP contribution in [0.2, 0.25) is 0 Å². The Balaban J connectivity index is 2.87. The number of methoxy groups -OCH3 is 1. The second kappa shape index (κ2) is 6.81. The lowest BCUT2D eigenvalue weighted by Crippen LogP contribution is -2.37. The van der Waals surface area contributed by atoms with Crippen molar-refractivity contribution in [3.05, 3.63) is 29.6 Å². The lowest BCUT2D eigenvalue weighted by molar-refractivity contribution is -0.117. The molecule has 1 aromatic carbocycles. The molecule has 6 nitrogen and oxygen atoms in total. The molecule has 0 spiro atoms. The van der Waals surface area contributed by atoms with E-state index in [-0.39, 0.29) is 24.3 Å². The number of rotatable bonds is 6. The summed E-state index contributed by atoms with van der Waals surface area (Å²) in [6.45, 7) is 0.275. The number of benzene rings is 1. The molecule has 0 radical (unpaired) electrons. The van der Waals surface area contributed by atoms with Crippen molar-refractivity contribution in [3.8, 4) is 0 Å². The molecule has 0 saturated carbocycles. The number of hydrogen-bond acceptors (Lipinski definition) is 4. The first-order valence-electron chi connectivity index (χ1n) is 5.54. The third-order valence-electron chi connectivity index (χ3n) is 2.46. The van der Waals surface area contributed by atoms with Gasteiger partial charge in [0.25, 0.3) is 0 Å². The number of nitrogens with one attached hydrogen (secondary N) is 1. The average Bonchev–Trinajstić information content (AvgIpc) is 2.37. The van der Waals surface area contributed by atoms with Gasteiger partial charge in [0.1, 0.15) is 5.82 Å². The Labute approximate surface area is 109 Å². The van der Waals surface area contributed by atoms with Crippen LogP contribution < -0.4 is 11.1 Å². The van der Waals surface area contributed by atoms with Crippen LogP contribution in [0.5, 0.6) is 0 Å². The number of anilines is 1. The number of para-hydroxylation sites is 1. The highest BCUT2D eigenvalue weighted by Crippen LogP contribution is 2.20. The van der Waals surface area contributed by atoms with Gasteiger partial charge in [0.2, 0.25) is 5.91 Å². The molecule has 0 fully saturated rings. The van der Waals surface area contributed by atoms with Gasteiger partial charge in [-0.15, -0.1) is 0 Å². The van der Waals surface area contributed by atoms with Gasteiger partial charge in [-0.25, -0.2) is 9.18 Å². The van der Waals surface area contributed by atoms with Gasteiger partial charge < -0.3 is 20.9 Å². The van der Waals surface area contributed by atoms with Crippen LogP contribution in [0, 0.1) is 5.82 Å². The minimum Gasteiger partial charge on any atom is -0.478 e. The van der Waals surface area contributed by atoms with Crippen LogP contribution in [-0.2, 0) is 9.53 Å². The maximum Gasteiger partial charge on any atom is 0.337 e. The first-order valence-corrected chi connectivity index (χ1v) is 5.54. The van der Waals surface area contributed by atoms with E-state index in [0.717, 1.165) is 6.07 Å². The van der Waals surface area contributed by atoms with E-state index >= 15 is 0 Å². The van der Waals surface area contributed by atoms with E-state index in [1.165, 1.54) is 19.2 Å². The Morgan fingerprint density at radius 2 is 2.21 bits per heavy atom. The molecule has 19 heavy (non-hydrogen) atoms. The van der Waals surface area contributed by atoms with E-state index in [9.17, 15) is 14.0 Å². The molecule has 0 saturated heterocycles. The van der Waals surface area contributed by atoms with Gasteiger partial charge in [0, 0.05) is 13.7 Å². The van der Waals surface area contributed by atoms with Crippen LogP contribution in [0.1, 0.15) is 16.8 Å². The molecule has 104 valence electrons. The summed E-state index contributed by atoms with van der Waals surface area (Å²) >= 11 is 0. The normalized spacial score (nSPS) is 11.9. The Morgan fingerprint density at radius 1 is 1.53 bits per heavy atom. The van der Waals surface area contributed by atoms with Crippen LogP contribution in [0.25, 0.3) is 0 Å². The summed E-state index contributed by atoms with van der Waals surface area (Å²) < 4.78 is 18.3. The standard InChI is InChI=1S/C12H15FN2O4/c1-19-6-5-9(14)11(16)15-10-7(12(17)18)3-2-4-8(10)13/h2-4,9H,5-6,14H2,1H3,(H,15,16)(H,17,18). The first-order chi connectivity index (χ1) is 8.97. The zero-order chi connectivity index (χ0) is 14.4. The smallest absolute Gasteiger partial charge is 0.337 e. The van der Waals surface area contributed by atoms with E-state index in [2.05, 4.69) is 5.32 Å². The van der Waals surface area contributed by atoms with Crippen molar-refractivity contribution in [2.24, 2.45) is 5.73 Å². The predicted octanol–water partition coefficient (Wildman–Crippen LogP) is 0.826. The van der Waals surface area contributed by atoms with Crippen molar-refractivity contribution in [2.45, 2.75) is 12.5 Å². The number of ether oxygens (including phenoxy) is 1. The highest BCUT2D eigenvalue weighted by molar-refractivity contribution is 6.02. The number of amides is 1. The molecule has 1 rings (SSSR count). The second-order valence-electron chi connectivity index (χ2n) is 3.84. The quantitative estimate of drug-likeness (QED) is 0.710. The fourth-order valence-corrected chi connectivity index (χ4v) is 1.42. The fourth-order valence-electron chi connectivity index (χ4n) is 1.42. The van der Waals surface area contributed by atoms with Crippen molar-refractivity contribution in [3.63, 3.8) is 0 Å².